The summed E-state index contributed by atoms with van der Waals surface area (Å²) in [6.45, 7) is 3.31. The van der Waals surface area contributed by atoms with Crippen LogP contribution in [0.25, 0.3) is 0 Å². The predicted molar refractivity (Wildman–Crippen MR) is 72.5 cm³/mol. The molecule has 1 unspecified atom stereocenters. The lowest BCUT2D eigenvalue weighted by Gasteiger charge is -2.21. The second-order valence-electron chi connectivity index (χ2n) is 4.13. The fourth-order valence-electron chi connectivity index (χ4n) is 1.63. The van der Waals surface area contributed by atoms with Crippen molar-refractivity contribution in [2.24, 2.45) is 0 Å². The molecule has 0 amide bonds. The van der Waals surface area contributed by atoms with Gasteiger partial charge in [-0.25, -0.2) is 0 Å². The van der Waals surface area contributed by atoms with E-state index in [1.165, 1.54) is 0 Å². The maximum Gasteiger partial charge on any atom is 0.121 e. The number of benzene rings is 1. The molecule has 0 aliphatic heterocycles. The molecule has 0 heterocycles. The normalized spacial score (nSPS) is 13.1. The van der Waals surface area contributed by atoms with Crippen LogP contribution in [0.4, 0.5) is 0 Å². The lowest BCUT2D eigenvalue weighted by atomic mass is 10.2. The van der Waals surface area contributed by atoms with Gasteiger partial charge in [-0.2, -0.15) is 5.26 Å². The minimum absolute atomic E-state index is 0.0403. The number of rotatable bonds is 7. The van der Waals surface area contributed by atoms with Crippen molar-refractivity contribution < 1.29 is 4.74 Å². The molecule has 4 heteroatoms. The molecule has 0 fully saturated rings. The Balaban J connectivity index is 2.32. The molecule has 0 radical (unpaired) electrons. The molecule has 1 rings (SSSR count). The van der Waals surface area contributed by atoms with Crippen molar-refractivity contribution in [2.75, 3.05) is 19.8 Å². The Bertz CT molecular complexity index is 350. The third-order valence-electron chi connectivity index (χ3n) is 2.64. The molecule has 17 heavy (non-hydrogen) atoms. The molecular formula is C13H20N2OSi. The molecule has 1 aromatic carbocycles. The molecule has 0 saturated heterocycles. The third-order valence-corrected chi connectivity index (χ3v) is 3.80. The van der Waals surface area contributed by atoms with E-state index in [0.29, 0.717) is 13.2 Å². The summed E-state index contributed by atoms with van der Waals surface area (Å²) in [5, 5.41) is 9.06. The Morgan fingerprint density at radius 2 is 2.12 bits per heavy atom. The van der Waals surface area contributed by atoms with Crippen LogP contribution in [0.1, 0.15) is 5.56 Å². The van der Waals surface area contributed by atoms with Crippen molar-refractivity contribution in [3.8, 4) is 6.07 Å². The number of likely N-dealkylation sites (N-methyl/N-ethyl adjacent to an activating group) is 1. The highest BCUT2D eigenvalue weighted by Crippen LogP contribution is 2.02. The van der Waals surface area contributed by atoms with Gasteiger partial charge in [-0.3, -0.25) is 4.90 Å². The second kappa shape index (κ2) is 8.01. The van der Waals surface area contributed by atoms with Gasteiger partial charge in [-0.1, -0.05) is 36.9 Å². The quantitative estimate of drug-likeness (QED) is 0.680. The van der Waals surface area contributed by atoms with Crippen molar-refractivity contribution >= 4 is 9.52 Å². The van der Waals surface area contributed by atoms with Crippen LogP contribution in [0, 0.1) is 11.3 Å². The molecule has 0 spiro atoms. The Kier molecular flexibility index (Phi) is 6.56. The van der Waals surface area contributed by atoms with Gasteiger partial charge in [0.2, 0.25) is 0 Å². The largest absolute Gasteiger partial charge is 0.374 e. The minimum atomic E-state index is -0.119. The molecule has 0 N–H and O–H groups in total. The zero-order valence-corrected chi connectivity index (χ0v) is 12.0. The highest BCUT2D eigenvalue weighted by atomic mass is 28.2. The van der Waals surface area contributed by atoms with Crippen molar-refractivity contribution in [2.45, 2.75) is 19.2 Å². The van der Waals surface area contributed by atoms with E-state index in [1.807, 2.05) is 37.4 Å². The third kappa shape index (κ3) is 5.13. The first-order valence-corrected chi connectivity index (χ1v) is 8.41. The summed E-state index contributed by atoms with van der Waals surface area (Å²) in [7, 11) is 1.96. The van der Waals surface area contributed by atoms with E-state index < -0.39 is 0 Å². The first kappa shape index (κ1) is 13.9. The zero-order valence-electron chi connectivity index (χ0n) is 10.6. The van der Waals surface area contributed by atoms with E-state index in [-0.39, 0.29) is 15.6 Å². The number of ether oxygens (including phenoxy) is 1. The van der Waals surface area contributed by atoms with Crippen LogP contribution in [0.5, 0.6) is 0 Å². The summed E-state index contributed by atoms with van der Waals surface area (Å²) >= 11 is 0. The van der Waals surface area contributed by atoms with Gasteiger partial charge < -0.3 is 4.74 Å². The van der Waals surface area contributed by atoms with Crippen LogP contribution in [-0.2, 0) is 11.3 Å². The molecule has 1 aromatic rings. The highest BCUT2D eigenvalue weighted by Gasteiger charge is 2.12. The van der Waals surface area contributed by atoms with E-state index in [9.17, 15) is 0 Å². The van der Waals surface area contributed by atoms with Crippen LogP contribution >= 0.6 is 0 Å². The van der Waals surface area contributed by atoms with Gasteiger partial charge in [-0.15, -0.1) is 0 Å². The molecule has 0 aliphatic carbocycles. The van der Waals surface area contributed by atoms with Crippen molar-refractivity contribution in [3.63, 3.8) is 0 Å². The molecule has 3 nitrogen and oxygen atoms in total. The molecule has 0 aliphatic rings. The Labute approximate surface area is 106 Å². The molecular weight excluding hydrogens is 228 g/mol. The van der Waals surface area contributed by atoms with E-state index in [4.69, 9.17) is 10.00 Å². The highest BCUT2D eigenvalue weighted by molar-refractivity contribution is 6.33. The summed E-state index contributed by atoms with van der Waals surface area (Å²) in [5.41, 5.74) is 1.15. The maximum atomic E-state index is 9.06. The van der Waals surface area contributed by atoms with E-state index in [1.54, 1.807) is 0 Å². The number of hydrogen-bond acceptors (Lipinski definition) is 3. The van der Waals surface area contributed by atoms with Crippen molar-refractivity contribution in [1.82, 2.24) is 4.90 Å². The fourth-order valence-corrected chi connectivity index (χ4v) is 2.65. The zero-order chi connectivity index (χ0) is 12.5. The number of nitrogens with zero attached hydrogens (tertiary/aromatic N) is 2. The van der Waals surface area contributed by atoms with Gasteiger partial charge in [0.05, 0.1) is 19.3 Å². The van der Waals surface area contributed by atoms with E-state index in [0.717, 1.165) is 11.7 Å². The summed E-state index contributed by atoms with van der Waals surface area (Å²) in [6.07, 6.45) is 1.06. The maximum absolute atomic E-state index is 9.06. The van der Waals surface area contributed by atoms with Crippen molar-refractivity contribution in [3.05, 3.63) is 35.9 Å². The molecule has 0 saturated carbocycles. The van der Waals surface area contributed by atoms with Crippen LogP contribution in [0.2, 0.25) is 6.55 Å². The number of hydrogen-bond donors (Lipinski definition) is 0. The van der Waals surface area contributed by atoms with Crippen LogP contribution < -0.4 is 0 Å². The predicted octanol–water partition coefficient (Wildman–Crippen LogP) is 1.20. The summed E-state index contributed by atoms with van der Waals surface area (Å²) in [6, 6.07) is 12.2. The Morgan fingerprint density at radius 3 is 2.71 bits per heavy atom. The van der Waals surface area contributed by atoms with Crippen LogP contribution in [-0.4, -0.2) is 40.3 Å². The Morgan fingerprint density at radius 1 is 1.41 bits per heavy atom. The van der Waals surface area contributed by atoms with Crippen LogP contribution in [0.15, 0.2) is 30.3 Å². The van der Waals surface area contributed by atoms with Gasteiger partial charge >= 0.3 is 0 Å². The average molecular weight is 248 g/mol. The Hall–Kier alpha value is -1.15. The molecule has 1 atom stereocenters. The molecule has 0 bridgehead atoms. The minimum Gasteiger partial charge on any atom is -0.374 e. The summed E-state index contributed by atoms with van der Waals surface area (Å²) in [4.78, 5) is 2.09. The smallest absolute Gasteiger partial charge is 0.121 e. The monoisotopic (exact) mass is 248 g/mol. The topological polar surface area (TPSA) is 36.3 Å². The van der Waals surface area contributed by atoms with E-state index in [2.05, 4.69) is 17.5 Å². The SMILES string of the molecule is C[SiH2]CN(C)C(C#N)COCc1ccccc1. The van der Waals surface area contributed by atoms with Gasteiger partial charge in [0.15, 0.2) is 0 Å². The van der Waals surface area contributed by atoms with E-state index >= 15 is 0 Å². The first-order chi connectivity index (χ1) is 8.27. The fraction of sp³-hybridized carbons (Fsp3) is 0.462. The first-order valence-electron chi connectivity index (χ1n) is 5.99. The van der Waals surface area contributed by atoms with Crippen LogP contribution in [0.3, 0.4) is 0 Å². The summed E-state index contributed by atoms with van der Waals surface area (Å²) in [5.74, 6) is 0. The summed E-state index contributed by atoms with van der Waals surface area (Å²) < 4.78 is 5.59. The van der Waals surface area contributed by atoms with Gasteiger partial charge in [0.25, 0.3) is 0 Å². The molecule has 92 valence electrons. The second-order valence-corrected chi connectivity index (χ2v) is 5.57. The van der Waals surface area contributed by atoms with Crippen molar-refractivity contribution in [1.29, 1.82) is 5.26 Å². The number of nitriles is 1. The standard InChI is InChI=1S/C13H20N2OSi/c1-15(11-17-2)13(8-14)10-16-9-12-6-4-3-5-7-12/h3-7,13H,9-11,17H2,1-2H3. The van der Waals surface area contributed by atoms with Gasteiger partial charge in [0, 0.05) is 9.52 Å². The lowest BCUT2D eigenvalue weighted by molar-refractivity contribution is 0.0839. The lowest BCUT2D eigenvalue weighted by Crippen LogP contribution is -2.36. The van der Waals surface area contributed by atoms with Gasteiger partial charge in [-0.05, 0) is 18.8 Å². The average Bonchev–Trinajstić information content (AvgIpc) is 2.36. The van der Waals surface area contributed by atoms with Gasteiger partial charge in [0.1, 0.15) is 6.04 Å². The molecule has 0 aromatic heterocycles.